The third kappa shape index (κ3) is 1.58. The normalized spacial score (nSPS) is 18.0. The first-order valence-corrected chi connectivity index (χ1v) is 6.31. The number of benzene rings is 1. The first kappa shape index (κ1) is 11.2. The van der Waals surface area contributed by atoms with Crippen LogP contribution in [0.25, 0.3) is 10.9 Å². The summed E-state index contributed by atoms with van der Waals surface area (Å²) in [5.41, 5.74) is 1.16. The second-order valence-electron chi connectivity index (χ2n) is 5.01. The molecule has 1 N–H and O–H groups in total. The van der Waals surface area contributed by atoms with E-state index in [1.165, 1.54) is 0 Å². The van der Waals surface area contributed by atoms with Crippen molar-refractivity contribution < 1.29 is 9.90 Å². The van der Waals surface area contributed by atoms with Gasteiger partial charge in [0.1, 0.15) is 0 Å². The molecule has 0 aliphatic heterocycles. The number of carbonyl (C=O) groups is 1. The molecule has 0 unspecified atom stereocenters. The Kier molecular flexibility index (Phi) is 2.54. The van der Waals surface area contributed by atoms with Crippen molar-refractivity contribution in [1.82, 2.24) is 4.98 Å². The summed E-state index contributed by atoms with van der Waals surface area (Å²) in [6.07, 6.45) is 5.24. The average molecular weight is 241 g/mol. The van der Waals surface area contributed by atoms with Gasteiger partial charge in [0.2, 0.25) is 0 Å². The molecule has 1 saturated carbocycles. The molecule has 3 nitrogen and oxygen atoms in total. The van der Waals surface area contributed by atoms with Crippen LogP contribution in [0.15, 0.2) is 36.5 Å². The Labute approximate surface area is 105 Å². The van der Waals surface area contributed by atoms with Crippen LogP contribution >= 0.6 is 0 Å². The van der Waals surface area contributed by atoms with E-state index in [2.05, 4.69) is 4.98 Å². The lowest BCUT2D eigenvalue weighted by Crippen LogP contribution is -2.32. The van der Waals surface area contributed by atoms with E-state index in [1.807, 2.05) is 30.3 Å². The van der Waals surface area contributed by atoms with Crippen molar-refractivity contribution in [2.45, 2.75) is 31.1 Å². The van der Waals surface area contributed by atoms with Crippen LogP contribution in [0, 0.1) is 0 Å². The van der Waals surface area contributed by atoms with Gasteiger partial charge in [-0.1, -0.05) is 25.0 Å². The Bertz CT molecular complexity index is 600. The molecule has 3 heteroatoms. The molecule has 1 aliphatic rings. The molecule has 0 bridgehead atoms. The summed E-state index contributed by atoms with van der Waals surface area (Å²) in [6.45, 7) is 0. The van der Waals surface area contributed by atoms with Gasteiger partial charge < -0.3 is 5.11 Å². The monoisotopic (exact) mass is 241 g/mol. The summed E-state index contributed by atoms with van der Waals surface area (Å²) in [5, 5.41) is 10.6. The first-order valence-electron chi connectivity index (χ1n) is 6.31. The Balaban J connectivity index is 2.15. The van der Waals surface area contributed by atoms with Crippen molar-refractivity contribution in [2.75, 3.05) is 0 Å². The molecule has 3 rings (SSSR count). The van der Waals surface area contributed by atoms with Crippen molar-refractivity contribution in [1.29, 1.82) is 0 Å². The Morgan fingerprint density at radius 3 is 2.72 bits per heavy atom. The second-order valence-corrected chi connectivity index (χ2v) is 5.01. The van der Waals surface area contributed by atoms with Crippen LogP contribution in [-0.4, -0.2) is 16.1 Å². The van der Waals surface area contributed by atoms with E-state index in [4.69, 9.17) is 0 Å². The van der Waals surface area contributed by atoms with Gasteiger partial charge in [-0.3, -0.25) is 9.78 Å². The maximum Gasteiger partial charge on any atom is 0.314 e. The minimum atomic E-state index is -0.691. The lowest BCUT2D eigenvalue weighted by molar-refractivity contribution is -0.143. The number of fused-ring (bicyclic) bond motifs is 1. The molecule has 0 saturated heterocycles. The highest BCUT2D eigenvalue weighted by Gasteiger charge is 2.42. The zero-order chi connectivity index (χ0) is 12.6. The van der Waals surface area contributed by atoms with Gasteiger partial charge in [0, 0.05) is 11.6 Å². The van der Waals surface area contributed by atoms with Crippen molar-refractivity contribution in [3.05, 3.63) is 42.1 Å². The van der Waals surface area contributed by atoms with Crippen LogP contribution in [0.1, 0.15) is 31.2 Å². The van der Waals surface area contributed by atoms with Crippen molar-refractivity contribution in [3.63, 3.8) is 0 Å². The van der Waals surface area contributed by atoms with E-state index in [0.29, 0.717) is 0 Å². The standard InChI is InChI=1S/C15H15NO2/c17-14(18)15(7-1-2-8-15)12-5-6-13-11(10-12)4-3-9-16-13/h3-6,9-10H,1-2,7-8H2,(H,17,18). The number of carboxylic acid groups (broad SMARTS) is 1. The zero-order valence-corrected chi connectivity index (χ0v) is 10.1. The van der Waals surface area contributed by atoms with Crippen LogP contribution in [0.3, 0.4) is 0 Å². The number of aromatic nitrogens is 1. The molecular weight excluding hydrogens is 226 g/mol. The lowest BCUT2D eigenvalue weighted by atomic mass is 9.78. The number of carboxylic acids is 1. The van der Waals surface area contributed by atoms with E-state index >= 15 is 0 Å². The van der Waals surface area contributed by atoms with Gasteiger partial charge >= 0.3 is 5.97 Å². The molecule has 0 radical (unpaired) electrons. The van der Waals surface area contributed by atoms with Crippen LogP contribution < -0.4 is 0 Å². The van der Waals surface area contributed by atoms with E-state index in [0.717, 1.165) is 42.1 Å². The minimum Gasteiger partial charge on any atom is -0.481 e. The Hall–Kier alpha value is -1.90. The predicted octanol–water partition coefficient (Wildman–Crippen LogP) is 3.13. The molecule has 1 fully saturated rings. The number of aliphatic carboxylic acids is 1. The second kappa shape index (κ2) is 4.09. The highest BCUT2D eigenvalue weighted by molar-refractivity contribution is 5.85. The summed E-state index contributed by atoms with van der Waals surface area (Å²) in [7, 11) is 0. The summed E-state index contributed by atoms with van der Waals surface area (Å²) >= 11 is 0. The van der Waals surface area contributed by atoms with E-state index in [-0.39, 0.29) is 0 Å². The number of hydrogen-bond donors (Lipinski definition) is 1. The van der Waals surface area contributed by atoms with Gasteiger partial charge in [-0.25, -0.2) is 0 Å². The highest BCUT2D eigenvalue weighted by Crippen LogP contribution is 2.42. The van der Waals surface area contributed by atoms with Gasteiger partial charge in [-0.05, 0) is 36.6 Å². The van der Waals surface area contributed by atoms with Gasteiger partial charge in [-0.15, -0.1) is 0 Å². The zero-order valence-electron chi connectivity index (χ0n) is 10.1. The SMILES string of the molecule is O=C(O)C1(c2ccc3ncccc3c2)CCCC1. The minimum absolute atomic E-state index is 0.677. The number of nitrogens with zero attached hydrogens (tertiary/aromatic N) is 1. The quantitative estimate of drug-likeness (QED) is 0.878. The van der Waals surface area contributed by atoms with Gasteiger partial charge in [-0.2, -0.15) is 0 Å². The van der Waals surface area contributed by atoms with Crippen molar-refractivity contribution in [3.8, 4) is 0 Å². The molecule has 18 heavy (non-hydrogen) atoms. The van der Waals surface area contributed by atoms with Crippen molar-refractivity contribution >= 4 is 16.9 Å². The average Bonchev–Trinajstić information content (AvgIpc) is 2.89. The number of pyridine rings is 1. The van der Waals surface area contributed by atoms with Crippen molar-refractivity contribution in [2.24, 2.45) is 0 Å². The molecule has 1 aromatic heterocycles. The van der Waals surface area contributed by atoms with Gasteiger partial charge in [0.15, 0.2) is 0 Å². The molecule has 92 valence electrons. The molecular formula is C15H15NO2. The molecule has 0 spiro atoms. The first-order chi connectivity index (χ1) is 8.72. The third-order valence-electron chi connectivity index (χ3n) is 4.02. The molecule has 2 aromatic rings. The Morgan fingerprint density at radius 1 is 1.22 bits per heavy atom. The number of hydrogen-bond acceptors (Lipinski definition) is 2. The molecule has 1 aliphatic carbocycles. The molecule has 1 heterocycles. The highest BCUT2D eigenvalue weighted by atomic mass is 16.4. The fourth-order valence-electron chi connectivity index (χ4n) is 2.98. The van der Waals surface area contributed by atoms with E-state index in [9.17, 15) is 9.90 Å². The molecule has 1 aromatic carbocycles. The van der Waals surface area contributed by atoms with Crippen LogP contribution in [-0.2, 0) is 10.2 Å². The van der Waals surface area contributed by atoms with Gasteiger partial charge in [0.05, 0.1) is 10.9 Å². The van der Waals surface area contributed by atoms with Crippen LogP contribution in [0.2, 0.25) is 0 Å². The largest absolute Gasteiger partial charge is 0.481 e. The lowest BCUT2D eigenvalue weighted by Gasteiger charge is -2.24. The summed E-state index contributed by atoms with van der Waals surface area (Å²) in [4.78, 5) is 15.9. The number of rotatable bonds is 2. The van der Waals surface area contributed by atoms with Crippen LogP contribution in [0.4, 0.5) is 0 Å². The molecule has 0 atom stereocenters. The smallest absolute Gasteiger partial charge is 0.314 e. The van der Waals surface area contributed by atoms with Gasteiger partial charge in [0.25, 0.3) is 0 Å². The van der Waals surface area contributed by atoms with Crippen LogP contribution in [0.5, 0.6) is 0 Å². The maximum absolute atomic E-state index is 11.6. The fraction of sp³-hybridized carbons (Fsp3) is 0.333. The summed E-state index contributed by atoms with van der Waals surface area (Å²) in [5.74, 6) is -0.691. The molecule has 0 amide bonds. The maximum atomic E-state index is 11.6. The fourth-order valence-corrected chi connectivity index (χ4v) is 2.98. The van der Waals surface area contributed by atoms with E-state index in [1.54, 1.807) is 6.20 Å². The summed E-state index contributed by atoms with van der Waals surface area (Å²) in [6, 6.07) is 9.70. The summed E-state index contributed by atoms with van der Waals surface area (Å²) < 4.78 is 0. The predicted molar refractivity (Wildman–Crippen MR) is 69.5 cm³/mol. The topological polar surface area (TPSA) is 50.2 Å². The van der Waals surface area contributed by atoms with E-state index < -0.39 is 11.4 Å². The Morgan fingerprint density at radius 2 is 2.00 bits per heavy atom. The third-order valence-corrected chi connectivity index (χ3v) is 4.02.